The van der Waals surface area contributed by atoms with Gasteiger partial charge in [0.15, 0.2) is 5.96 Å². The van der Waals surface area contributed by atoms with Crippen molar-refractivity contribution in [1.82, 2.24) is 15.5 Å². The van der Waals surface area contributed by atoms with Crippen LogP contribution in [-0.4, -0.2) is 76.7 Å². The summed E-state index contributed by atoms with van der Waals surface area (Å²) in [5, 5.41) is 6.95. The van der Waals surface area contributed by atoms with Crippen molar-refractivity contribution < 1.29 is 13.2 Å². The molecule has 30 heavy (non-hydrogen) atoms. The molecule has 0 saturated carbocycles. The van der Waals surface area contributed by atoms with Crippen LogP contribution in [0.15, 0.2) is 35.3 Å². The predicted octanol–water partition coefficient (Wildman–Crippen LogP) is 1.83. The van der Waals surface area contributed by atoms with E-state index in [1.54, 1.807) is 0 Å². The van der Waals surface area contributed by atoms with Crippen LogP contribution in [0.25, 0.3) is 0 Å². The third-order valence-corrected chi connectivity index (χ3v) is 6.80. The number of nitrogens with one attached hydrogen (secondary N) is 2. The molecule has 3 rings (SSSR count). The molecule has 1 aromatic rings. The first kappa shape index (κ1) is 23.0. The van der Waals surface area contributed by atoms with Crippen molar-refractivity contribution in [2.24, 2.45) is 10.9 Å². The Kier molecular flexibility index (Phi) is 8.53. The summed E-state index contributed by atoms with van der Waals surface area (Å²) in [5.41, 5.74) is 1.23. The lowest BCUT2D eigenvalue weighted by Gasteiger charge is -2.33. The largest absolute Gasteiger partial charge is 0.373 e. The molecular weight excluding hydrogens is 400 g/mol. The number of nitrogens with zero attached hydrogens (tertiary/aromatic N) is 2. The van der Waals surface area contributed by atoms with Gasteiger partial charge in [-0.05, 0) is 31.7 Å². The van der Waals surface area contributed by atoms with Crippen LogP contribution in [0.3, 0.4) is 0 Å². The van der Waals surface area contributed by atoms with E-state index in [0.717, 1.165) is 58.0 Å². The Bertz CT molecular complexity index is 777. The number of piperidine rings is 1. The summed E-state index contributed by atoms with van der Waals surface area (Å²) >= 11 is 0. The average molecular weight is 437 g/mol. The lowest BCUT2D eigenvalue weighted by Crippen LogP contribution is -2.49. The normalized spacial score (nSPS) is 24.1. The summed E-state index contributed by atoms with van der Waals surface area (Å²) in [5.74, 6) is 1.49. The molecule has 7 nitrogen and oxygen atoms in total. The van der Waals surface area contributed by atoms with Gasteiger partial charge in [-0.2, -0.15) is 0 Å². The van der Waals surface area contributed by atoms with E-state index in [0.29, 0.717) is 18.5 Å². The molecule has 8 heteroatoms. The maximum absolute atomic E-state index is 11.4. The monoisotopic (exact) mass is 436 g/mol. The van der Waals surface area contributed by atoms with Crippen molar-refractivity contribution in [2.75, 3.05) is 51.3 Å². The van der Waals surface area contributed by atoms with Crippen LogP contribution in [-0.2, 0) is 14.6 Å². The third-order valence-electron chi connectivity index (χ3n) is 5.88. The van der Waals surface area contributed by atoms with E-state index in [4.69, 9.17) is 9.73 Å². The molecule has 2 N–H and O–H groups in total. The first-order valence-corrected chi connectivity index (χ1v) is 13.1. The minimum absolute atomic E-state index is 0.121. The van der Waals surface area contributed by atoms with Crippen molar-refractivity contribution in [3.8, 4) is 0 Å². The van der Waals surface area contributed by atoms with E-state index in [1.807, 2.05) is 6.07 Å². The molecule has 2 atom stereocenters. The SMILES string of the molecule is CCNC(=NCC1CCOC1c1ccccc1)NC1CCN(CCS(C)(=O)=O)CC1. The van der Waals surface area contributed by atoms with Gasteiger partial charge in [-0.3, -0.25) is 4.99 Å². The van der Waals surface area contributed by atoms with E-state index in [2.05, 4.69) is 46.7 Å². The van der Waals surface area contributed by atoms with Gasteiger partial charge in [0, 0.05) is 57.5 Å². The molecule has 0 spiro atoms. The Morgan fingerprint density at radius 1 is 1.20 bits per heavy atom. The second kappa shape index (κ2) is 11.1. The van der Waals surface area contributed by atoms with Crippen molar-refractivity contribution in [3.63, 3.8) is 0 Å². The summed E-state index contributed by atoms with van der Waals surface area (Å²) in [6.07, 6.45) is 4.44. The number of likely N-dealkylation sites (tertiary alicyclic amines) is 1. The van der Waals surface area contributed by atoms with Crippen molar-refractivity contribution >= 4 is 15.8 Å². The molecule has 2 heterocycles. The van der Waals surface area contributed by atoms with Crippen LogP contribution >= 0.6 is 0 Å². The zero-order chi connectivity index (χ0) is 21.4. The van der Waals surface area contributed by atoms with Crippen LogP contribution < -0.4 is 10.6 Å². The molecule has 0 bridgehead atoms. The second-order valence-corrected chi connectivity index (χ2v) is 10.6. The number of benzene rings is 1. The second-order valence-electron chi connectivity index (χ2n) is 8.36. The van der Waals surface area contributed by atoms with Crippen LogP contribution in [0.1, 0.15) is 37.9 Å². The fourth-order valence-corrected chi connectivity index (χ4v) is 4.74. The maximum Gasteiger partial charge on any atom is 0.191 e. The molecule has 2 fully saturated rings. The highest BCUT2D eigenvalue weighted by Crippen LogP contribution is 2.34. The first-order chi connectivity index (χ1) is 14.4. The summed E-state index contributed by atoms with van der Waals surface area (Å²) in [7, 11) is -2.90. The molecule has 2 unspecified atom stereocenters. The van der Waals surface area contributed by atoms with Gasteiger partial charge < -0.3 is 20.3 Å². The van der Waals surface area contributed by atoms with Gasteiger partial charge in [-0.1, -0.05) is 30.3 Å². The molecule has 2 aliphatic heterocycles. The standard InChI is InChI=1S/C22H36N4O3S/c1-3-23-22(25-20-9-12-26(13-10-20)14-16-30(2,27)28)24-17-19-11-15-29-21(19)18-7-5-4-6-8-18/h4-8,19-21H,3,9-17H2,1-2H3,(H2,23,24,25). The summed E-state index contributed by atoms with van der Waals surface area (Å²) in [6.45, 7) is 6.89. The molecule has 0 radical (unpaired) electrons. The zero-order valence-electron chi connectivity index (χ0n) is 18.2. The van der Waals surface area contributed by atoms with Crippen LogP contribution in [0.4, 0.5) is 0 Å². The van der Waals surface area contributed by atoms with E-state index >= 15 is 0 Å². The molecule has 1 aromatic carbocycles. The Hall–Kier alpha value is -1.64. The first-order valence-electron chi connectivity index (χ1n) is 11.1. The summed E-state index contributed by atoms with van der Waals surface area (Å²) in [6, 6.07) is 10.8. The number of hydrogen-bond donors (Lipinski definition) is 2. The Balaban J connectivity index is 1.50. The number of guanidine groups is 1. The van der Waals surface area contributed by atoms with Crippen LogP contribution in [0.2, 0.25) is 0 Å². The molecule has 168 valence electrons. The van der Waals surface area contributed by atoms with Gasteiger partial charge in [0.05, 0.1) is 11.9 Å². The van der Waals surface area contributed by atoms with Gasteiger partial charge in [-0.25, -0.2) is 8.42 Å². The van der Waals surface area contributed by atoms with Crippen LogP contribution in [0.5, 0.6) is 0 Å². The van der Waals surface area contributed by atoms with E-state index in [-0.39, 0.29) is 11.9 Å². The fraction of sp³-hybridized carbons (Fsp3) is 0.682. The van der Waals surface area contributed by atoms with E-state index < -0.39 is 9.84 Å². The van der Waals surface area contributed by atoms with Gasteiger partial charge in [0.25, 0.3) is 0 Å². The lowest BCUT2D eigenvalue weighted by atomic mass is 9.95. The number of ether oxygens (including phenoxy) is 1. The minimum atomic E-state index is -2.90. The Labute approximate surface area is 181 Å². The number of hydrogen-bond acceptors (Lipinski definition) is 5. The van der Waals surface area contributed by atoms with E-state index in [1.165, 1.54) is 11.8 Å². The highest BCUT2D eigenvalue weighted by atomic mass is 32.2. The van der Waals surface area contributed by atoms with Gasteiger partial charge in [0.2, 0.25) is 0 Å². The van der Waals surface area contributed by atoms with Gasteiger partial charge >= 0.3 is 0 Å². The smallest absolute Gasteiger partial charge is 0.191 e. The lowest BCUT2D eigenvalue weighted by molar-refractivity contribution is 0.0925. The van der Waals surface area contributed by atoms with Crippen LogP contribution in [0, 0.1) is 5.92 Å². The Morgan fingerprint density at radius 2 is 1.93 bits per heavy atom. The highest BCUT2D eigenvalue weighted by molar-refractivity contribution is 7.90. The third kappa shape index (κ3) is 7.25. The molecule has 0 amide bonds. The number of sulfone groups is 1. The van der Waals surface area contributed by atoms with Gasteiger partial charge in [0.1, 0.15) is 9.84 Å². The zero-order valence-corrected chi connectivity index (χ0v) is 19.0. The molecule has 0 aliphatic carbocycles. The van der Waals surface area contributed by atoms with Crippen molar-refractivity contribution in [2.45, 2.75) is 38.3 Å². The summed E-state index contributed by atoms with van der Waals surface area (Å²) < 4.78 is 28.8. The molecule has 2 aliphatic rings. The van der Waals surface area contributed by atoms with Gasteiger partial charge in [-0.15, -0.1) is 0 Å². The highest BCUT2D eigenvalue weighted by Gasteiger charge is 2.29. The fourth-order valence-electron chi connectivity index (χ4n) is 4.15. The molecular formula is C22H36N4O3S. The Morgan fingerprint density at radius 3 is 2.60 bits per heavy atom. The topological polar surface area (TPSA) is 83.0 Å². The molecule has 0 aromatic heterocycles. The minimum Gasteiger partial charge on any atom is -0.373 e. The molecule has 2 saturated heterocycles. The number of aliphatic imine (C=N–C) groups is 1. The van der Waals surface area contributed by atoms with E-state index in [9.17, 15) is 8.42 Å². The maximum atomic E-state index is 11.4. The number of rotatable bonds is 8. The predicted molar refractivity (Wildman–Crippen MR) is 122 cm³/mol. The summed E-state index contributed by atoms with van der Waals surface area (Å²) in [4.78, 5) is 7.11. The average Bonchev–Trinajstić information content (AvgIpc) is 3.20. The van der Waals surface area contributed by atoms with Crippen molar-refractivity contribution in [1.29, 1.82) is 0 Å². The quantitative estimate of drug-likeness (QED) is 0.478. The van der Waals surface area contributed by atoms with Crippen molar-refractivity contribution in [3.05, 3.63) is 35.9 Å².